The predicted molar refractivity (Wildman–Crippen MR) is 119 cm³/mol. The number of pyridine rings is 1. The van der Waals surface area contributed by atoms with Crippen LogP contribution in [0.25, 0.3) is 21.3 Å². The van der Waals surface area contributed by atoms with Gasteiger partial charge in [0.05, 0.1) is 29.6 Å². The Bertz CT molecular complexity index is 1320. The van der Waals surface area contributed by atoms with Crippen LogP contribution in [-0.4, -0.2) is 29.1 Å². The van der Waals surface area contributed by atoms with Crippen LogP contribution in [0.5, 0.6) is 0 Å². The van der Waals surface area contributed by atoms with E-state index < -0.39 is 23.5 Å². The van der Waals surface area contributed by atoms with Gasteiger partial charge in [-0.25, -0.2) is 4.39 Å². The van der Waals surface area contributed by atoms with E-state index in [0.29, 0.717) is 23.2 Å². The number of hydrogen-bond acceptors (Lipinski definition) is 4. The molecular weight excluding hydrogens is 456 g/mol. The Hall–Kier alpha value is -3.30. The summed E-state index contributed by atoms with van der Waals surface area (Å²) in [5.41, 5.74) is 0.740. The minimum absolute atomic E-state index is 0.00463. The molecule has 0 radical (unpaired) electrons. The van der Waals surface area contributed by atoms with Crippen LogP contribution < -0.4 is 5.32 Å². The van der Waals surface area contributed by atoms with Crippen molar-refractivity contribution in [2.45, 2.75) is 12.6 Å². The zero-order valence-corrected chi connectivity index (χ0v) is 17.9. The van der Waals surface area contributed by atoms with Crippen molar-refractivity contribution in [1.29, 1.82) is 0 Å². The highest BCUT2D eigenvalue weighted by Gasteiger charge is 2.30. The average Bonchev–Trinajstić information content (AvgIpc) is 3.20. The number of aromatic nitrogens is 1. The quantitative estimate of drug-likeness (QED) is 0.366. The number of nitrogens with zero attached hydrogens (tertiary/aromatic N) is 1. The number of carbonyl (C=O) groups is 1. The minimum atomic E-state index is -4.40. The van der Waals surface area contributed by atoms with Crippen LogP contribution in [0.2, 0.25) is 0 Å². The van der Waals surface area contributed by atoms with Crippen LogP contribution in [-0.2, 0) is 12.6 Å². The molecule has 0 aliphatic carbocycles. The molecule has 0 atom stereocenters. The van der Waals surface area contributed by atoms with Gasteiger partial charge in [0.1, 0.15) is 0 Å². The van der Waals surface area contributed by atoms with Crippen molar-refractivity contribution in [3.8, 4) is 11.3 Å². The second-order valence-corrected chi connectivity index (χ2v) is 8.48. The number of amides is 1. The molecule has 0 fully saturated rings. The zero-order valence-electron chi connectivity index (χ0n) is 17.1. The number of halogens is 4. The molecule has 0 saturated carbocycles. The number of alkyl halides is 3. The average molecular weight is 474 g/mol. The fourth-order valence-corrected chi connectivity index (χ4v) is 4.70. The molecular formula is C24H18F4N2O2S. The molecule has 4 aromatic rings. The van der Waals surface area contributed by atoms with E-state index in [1.807, 2.05) is 12.1 Å². The molecule has 4 nitrogen and oxygen atoms in total. The Morgan fingerprint density at radius 1 is 1.09 bits per heavy atom. The molecule has 9 heteroatoms. The Morgan fingerprint density at radius 2 is 1.88 bits per heavy atom. The summed E-state index contributed by atoms with van der Waals surface area (Å²) in [6.07, 6.45) is -3.10. The first kappa shape index (κ1) is 22.9. The molecule has 1 amide bonds. The van der Waals surface area contributed by atoms with Crippen molar-refractivity contribution in [2.24, 2.45) is 0 Å². The molecule has 170 valence electrons. The highest BCUT2D eigenvalue weighted by molar-refractivity contribution is 7.19. The minimum Gasteiger partial charge on any atom is -0.395 e. The summed E-state index contributed by atoms with van der Waals surface area (Å²) in [6.45, 7) is -0.274. The van der Waals surface area contributed by atoms with E-state index in [1.54, 1.807) is 18.2 Å². The number of fused-ring (bicyclic) bond motifs is 1. The van der Waals surface area contributed by atoms with Gasteiger partial charge < -0.3 is 10.4 Å². The number of hydrogen-bond donors (Lipinski definition) is 2. The molecule has 4 rings (SSSR count). The van der Waals surface area contributed by atoms with Gasteiger partial charge in [-0.3, -0.25) is 9.78 Å². The Balaban J connectivity index is 1.69. The van der Waals surface area contributed by atoms with E-state index in [9.17, 15) is 22.4 Å². The first-order valence-corrected chi connectivity index (χ1v) is 10.8. The Labute approximate surface area is 190 Å². The van der Waals surface area contributed by atoms with E-state index in [0.717, 1.165) is 33.3 Å². The fraction of sp³-hybridized carbons (Fsp3) is 0.167. The van der Waals surface area contributed by atoms with Gasteiger partial charge in [-0.15, -0.1) is 11.3 Å². The topological polar surface area (TPSA) is 62.2 Å². The molecule has 2 aromatic heterocycles. The molecule has 0 aliphatic heterocycles. The number of benzene rings is 2. The molecule has 33 heavy (non-hydrogen) atoms. The van der Waals surface area contributed by atoms with Crippen LogP contribution in [0.3, 0.4) is 0 Å². The summed E-state index contributed by atoms with van der Waals surface area (Å²) in [5, 5.41) is 12.2. The zero-order chi connectivity index (χ0) is 23.6. The van der Waals surface area contributed by atoms with Crippen molar-refractivity contribution >= 4 is 27.3 Å². The third-order valence-electron chi connectivity index (χ3n) is 5.00. The molecule has 2 heterocycles. The van der Waals surface area contributed by atoms with Crippen LogP contribution in [0, 0.1) is 5.82 Å². The second-order valence-electron chi connectivity index (χ2n) is 7.34. The summed E-state index contributed by atoms with van der Waals surface area (Å²) < 4.78 is 54.1. The molecule has 0 unspecified atom stereocenters. The largest absolute Gasteiger partial charge is 0.416 e. The Morgan fingerprint density at radius 3 is 2.64 bits per heavy atom. The molecule has 0 saturated heterocycles. The maximum Gasteiger partial charge on any atom is 0.416 e. The molecule has 2 N–H and O–H groups in total. The highest BCUT2D eigenvalue weighted by Crippen LogP contribution is 2.36. The van der Waals surface area contributed by atoms with E-state index in [4.69, 9.17) is 5.11 Å². The smallest absolute Gasteiger partial charge is 0.395 e. The van der Waals surface area contributed by atoms with Gasteiger partial charge in [-0.05, 0) is 29.1 Å². The summed E-state index contributed by atoms with van der Waals surface area (Å²) in [6, 6.07) is 14.0. The van der Waals surface area contributed by atoms with Gasteiger partial charge in [-0.2, -0.15) is 13.2 Å². The summed E-state index contributed by atoms with van der Waals surface area (Å²) in [4.78, 5) is 17.2. The first-order chi connectivity index (χ1) is 15.8. The highest BCUT2D eigenvalue weighted by atomic mass is 32.1. The second kappa shape index (κ2) is 9.29. The van der Waals surface area contributed by atoms with Crippen LogP contribution in [0.1, 0.15) is 26.4 Å². The van der Waals surface area contributed by atoms with Crippen molar-refractivity contribution in [2.75, 3.05) is 13.2 Å². The van der Waals surface area contributed by atoms with Gasteiger partial charge in [-0.1, -0.05) is 36.4 Å². The number of thiophene rings is 1. The lowest BCUT2D eigenvalue weighted by Gasteiger charge is -2.08. The van der Waals surface area contributed by atoms with Gasteiger partial charge in [0, 0.05) is 28.1 Å². The number of nitrogens with one attached hydrogen (secondary N) is 1. The van der Waals surface area contributed by atoms with Crippen LogP contribution >= 0.6 is 11.3 Å². The summed E-state index contributed by atoms with van der Waals surface area (Å²) in [7, 11) is 0. The molecule has 2 aromatic carbocycles. The standard InChI is InChI=1S/C24H18F4N2O2S/c25-20-13-30-21(12-19(20)23(32)29-7-8-31)18-6-2-4-15-11-17(33-22(15)18)10-14-3-1-5-16(9-14)24(26,27)28/h1-6,9,11-13,31H,7-8,10H2,(H,29,32). The Kier molecular flexibility index (Phi) is 6.44. The van der Waals surface area contributed by atoms with Crippen LogP contribution in [0.4, 0.5) is 17.6 Å². The lowest BCUT2D eigenvalue weighted by atomic mass is 10.1. The molecule has 0 aliphatic rings. The first-order valence-electron chi connectivity index (χ1n) is 9.99. The maximum absolute atomic E-state index is 14.2. The van der Waals surface area contributed by atoms with Gasteiger partial charge in [0.2, 0.25) is 0 Å². The van der Waals surface area contributed by atoms with Gasteiger partial charge in [0.15, 0.2) is 5.82 Å². The third kappa shape index (κ3) is 5.04. The number of carbonyl (C=O) groups excluding carboxylic acids is 1. The van der Waals surface area contributed by atoms with E-state index in [1.165, 1.54) is 23.5 Å². The summed E-state index contributed by atoms with van der Waals surface area (Å²) >= 11 is 1.41. The van der Waals surface area contributed by atoms with Gasteiger partial charge in [0.25, 0.3) is 5.91 Å². The monoisotopic (exact) mass is 474 g/mol. The van der Waals surface area contributed by atoms with Crippen molar-refractivity contribution in [3.63, 3.8) is 0 Å². The number of rotatable bonds is 6. The number of aliphatic hydroxyl groups excluding tert-OH is 1. The molecule has 0 spiro atoms. The van der Waals surface area contributed by atoms with Crippen molar-refractivity contribution in [1.82, 2.24) is 10.3 Å². The summed E-state index contributed by atoms with van der Waals surface area (Å²) in [5.74, 6) is -1.44. The molecule has 0 bridgehead atoms. The van der Waals surface area contributed by atoms with E-state index in [-0.39, 0.29) is 18.7 Å². The lowest BCUT2D eigenvalue weighted by Crippen LogP contribution is -2.27. The third-order valence-corrected chi connectivity index (χ3v) is 6.19. The normalized spacial score (nSPS) is 11.7. The lowest BCUT2D eigenvalue weighted by molar-refractivity contribution is -0.137. The predicted octanol–water partition coefficient (Wildman–Crippen LogP) is 5.43. The SMILES string of the molecule is O=C(NCCO)c1cc(-c2cccc3cc(Cc4cccc(C(F)(F)F)c4)sc23)ncc1F. The van der Waals surface area contributed by atoms with Crippen molar-refractivity contribution in [3.05, 3.63) is 88.2 Å². The van der Waals surface area contributed by atoms with Gasteiger partial charge >= 0.3 is 6.18 Å². The fourth-order valence-electron chi connectivity index (χ4n) is 3.49. The van der Waals surface area contributed by atoms with E-state index in [2.05, 4.69) is 10.3 Å². The maximum atomic E-state index is 14.2. The van der Waals surface area contributed by atoms with E-state index >= 15 is 0 Å². The number of aliphatic hydroxyl groups is 1. The van der Waals surface area contributed by atoms with Crippen molar-refractivity contribution < 1.29 is 27.5 Å². The van der Waals surface area contributed by atoms with Crippen LogP contribution in [0.15, 0.2) is 60.8 Å².